The molecular formula is C16H25N3O2. The molecule has 1 aliphatic heterocycles. The summed E-state index contributed by atoms with van der Waals surface area (Å²) in [6.45, 7) is 5.58. The van der Waals surface area contributed by atoms with Gasteiger partial charge >= 0.3 is 0 Å². The Morgan fingerprint density at radius 3 is 2.71 bits per heavy atom. The number of hydrogen-bond donors (Lipinski definition) is 1. The molecule has 116 valence electrons. The minimum absolute atomic E-state index is 0.00848. The molecule has 0 aliphatic carbocycles. The van der Waals surface area contributed by atoms with Crippen molar-refractivity contribution >= 4 is 17.3 Å². The van der Waals surface area contributed by atoms with E-state index in [-0.39, 0.29) is 11.8 Å². The molecule has 0 radical (unpaired) electrons. The Morgan fingerprint density at radius 1 is 1.38 bits per heavy atom. The van der Waals surface area contributed by atoms with E-state index in [9.17, 15) is 4.79 Å². The average Bonchev–Trinajstić information content (AvgIpc) is 2.40. The zero-order valence-electron chi connectivity index (χ0n) is 13.3. The Hall–Kier alpha value is -1.75. The first-order valence-corrected chi connectivity index (χ1v) is 7.43. The van der Waals surface area contributed by atoms with Gasteiger partial charge in [0, 0.05) is 6.54 Å². The number of nitrogen functional groups attached to an aromatic ring is 1. The number of nitrogens with zero attached hydrogens (tertiary/aromatic N) is 2. The van der Waals surface area contributed by atoms with E-state index in [0.29, 0.717) is 18.0 Å². The summed E-state index contributed by atoms with van der Waals surface area (Å²) in [7, 11) is 4.06. The highest BCUT2D eigenvalue weighted by molar-refractivity contribution is 6.03. The fraction of sp³-hybridized carbons (Fsp3) is 0.562. The lowest BCUT2D eigenvalue weighted by atomic mass is 10.0. The zero-order chi connectivity index (χ0) is 15.6. The Bertz CT molecular complexity index is 514. The molecule has 2 N–H and O–H groups in total. The van der Waals surface area contributed by atoms with Crippen LogP contribution in [0.1, 0.15) is 20.3 Å². The highest BCUT2D eigenvalue weighted by atomic mass is 16.5. The maximum absolute atomic E-state index is 12.7. The molecule has 5 heteroatoms. The molecule has 1 aliphatic rings. The van der Waals surface area contributed by atoms with E-state index in [0.717, 1.165) is 18.7 Å². The van der Waals surface area contributed by atoms with Gasteiger partial charge < -0.3 is 20.3 Å². The van der Waals surface area contributed by atoms with Crippen LogP contribution in [0.4, 0.5) is 11.4 Å². The molecule has 21 heavy (non-hydrogen) atoms. The summed E-state index contributed by atoms with van der Waals surface area (Å²) in [5.74, 6) is 0.843. The molecule has 1 aromatic carbocycles. The summed E-state index contributed by atoms with van der Waals surface area (Å²) in [5, 5.41) is 0. The molecule has 0 bridgehead atoms. The SMILES string of the molecule is CC(C)C1Oc2cccc(N)c2N(CCCN(C)C)C1=O. The molecule has 1 atom stereocenters. The van der Waals surface area contributed by atoms with Gasteiger partial charge in [-0.25, -0.2) is 0 Å². The van der Waals surface area contributed by atoms with Crippen molar-refractivity contribution in [1.82, 2.24) is 4.90 Å². The number of fused-ring (bicyclic) bond motifs is 1. The van der Waals surface area contributed by atoms with Crippen LogP contribution in [0.2, 0.25) is 0 Å². The van der Waals surface area contributed by atoms with Crippen molar-refractivity contribution in [1.29, 1.82) is 0 Å². The van der Waals surface area contributed by atoms with Crippen molar-refractivity contribution in [3.63, 3.8) is 0 Å². The van der Waals surface area contributed by atoms with Gasteiger partial charge in [-0.2, -0.15) is 0 Å². The lowest BCUT2D eigenvalue weighted by Gasteiger charge is -2.36. The predicted molar refractivity (Wildman–Crippen MR) is 85.6 cm³/mol. The van der Waals surface area contributed by atoms with Crippen LogP contribution in [0.5, 0.6) is 5.75 Å². The molecule has 0 spiro atoms. The Kier molecular flexibility index (Phi) is 4.73. The van der Waals surface area contributed by atoms with E-state index in [1.165, 1.54) is 0 Å². The first-order chi connectivity index (χ1) is 9.91. The van der Waals surface area contributed by atoms with E-state index in [4.69, 9.17) is 10.5 Å². The molecular weight excluding hydrogens is 266 g/mol. The first kappa shape index (κ1) is 15.6. The maximum Gasteiger partial charge on any atom is 0.268 e. The average molecular weight is 291 g/mol. The van der Waals surface area contributed by atoms with E-state index < -0.39 is 6.10 Å². The molecule has 1 unspecified atom stereocenters. The molecule has 1 amide bonds. The molecule has 0 saturated heterocycles. The number of benzene rings is 1. The van der Waals surface area contributed by atoms with Gasteiger partial charge in [-0.1, -0.05) is 19.9 Å². The van der Waals surface area contributed by atoms with E-state index in [1.54, 1.807) is 4.90 Å². The summed E-state index contributed by atoms with van der Waals surface area (Å²) < 4.78 is 5.86. The molecule has 0 saturated carbocycles. The van der Waals surface area contributed by atoms with Crippen LogP contribution in [0.3, 0.4) is 0 Å². The fourth-order valence-electron chi connectivity index (χ4n) is 2.56. The maximum atomic E-state index is 12.7. The van der Waals surface area contributed by atoms with E-state index in [2.05, 4.69) is 4.90 Å². The molecule has 0 fully saturated rings. The van der Waals surface area contributed by atoms with Crippen LogP contribution >= 0.6 is 0 Å². The van der Waals surface area contributed by atoms with Crippen LogP contribution in [0, 0.1) is 5.92 Å². The quantitative estimate of drug-likeness (QED) is 0.843. The monoisotopic (exact) mass is 291 g/mol. The van der Waals surface area contributed by atoms with Crippen molar-refractivity contribution < 1.29 is 9.53 Å². The zero-order valence-corrected chi connectivity index (χ0v) is 13.3. The van der Waals surface area contributed by atoms with E-state index in [1.807, 2.05) is 46.1 Å². The Balaban J connectivity index is 2.29. The number of rotatable bonds is 5. The fourth-order valence-corrected chi connectivity index (χ4v) is 2.56. The predicted octanol–water partition coefficient (Wildman–Crippen LogP) is 1.97. The van der Waals surface area contributed by atoms with Crippen molar-refractivity contribution in [2.75, 3.05) is 37.8 Å². The second kappa shape index (κ2) is 6.35. The lowest BCUT2D eigenvalue weighted by molar-refractivity contribution is -0.128. The summed E-state index contributed by atoms with van der Waals surface area (Å²) >= 11 is 0. The minimum Gasteiger partial charge on any atom is -0.478 e. The molecule has 0 aromatic heterocycles. The van der Waals surface area contributed by atoms with Crippen molar-refractivity contribution in [3.8, 4) is 5.75 Å². The molecule has 1 heterocycles. The van der Waals surface area contributed by atoms with Gasteiger partial charge in [0.1, 0.15) is 11.4 Å². The number of ether oxygens (including phenoxy) is 1. The number of carbonyl (C=O) groups excluding carboxylic acids is 1. The number of carbonyl (C=O) groups is 1. The minimum atomic E-state index is -0.432. The third-order valence-corrected chi connectivity index (χ3v) is 3.66. The summed E-state index contributed by atoms with van der Waals surface area (Å²) in [5.41, 5.74) is 7.37. The number of nitrogens with two attached hydrogens (primary N) is 1. The van der Waals surface area contributed by atoms with Gasteiger partial charge in [-0.15, -0.1) is 0 Å². The number of hydrogen-bond acceptors (Lipinski definition) is 4. The third-order valence-electron chi connectivity index (χ3n) is 3.66. The molecule has 1 aromatic rings. The number of anilines is 2. The van der Waals surface area contributed by atoms with Crippen molar-refractivity contribution in [2.24, 2.45) is 5.92 Å². The van der Waals surface area contributed by atoms with Crippen molar-refractivity contribution in [3.05, 3.63) is 18.2 Å². The van der Waals surface area contributed by atoms with Crippen molar-refractivity contribution in [2.45, 2.75) is 26.4 Å². The highest BCUT2D eigenvalue weighted by Gasteiger charge is 2.36. The van der Waals surface area contributed by atoms with Crippen LogP contribution in [0.25, 0.3) is 0 Å². The van der Waals surface area contributed by atoms with E-state index >= 15 is 0 Å². The topological polar surface area (TPSA) is 58.8 Å². The third kappa shape index (κ3) is 3.29. The van der Waals surface area contributed by atoms with Crippen LogP contribution in [-0.4, -0.2) is 44.1 Å². The standard InChI is InChI=1S/C16H25N3O2/c1-11(2)15-16(20)19(10-6-9-18(3)4)14-12(17)7-5-8-13(14)21-15/h5,7-8,11,15H,6,9-10,17H2,1-4H3. The first-order valence-electron chi connectivity index (χ1n) is 7.43. The lowest BCUT2D eigenvalue weighted by Crippen LogP contribution is -2.49. The Morgan fingerprint density at radius 2 is 2.10 bits per heavy atom. The molecule has 5 nitrogen and oxygen atoms in total. The van der Waals surface area contributed by atoms with Crippen LogP contribution in [0.15, 0.2) is 18.2 Å². The number of para-hydroxylation sites is 1. The van der Waals surface area contributed by atoms with Gasteiger partial charge in [-0.3, -0.25) is 4.79 Å². The second-order valence-electron chi connectivity index (χ2n) is 6.12. The van der Waals surface area contributed by atoms with Gasteiger partial charge in [0.05, 0.1) is 5.69 Å². The summed E-state index contributed by atoms with van der Waals surface area (Å²) in [4.78, 5) is 16.6. The smallest absolute Gasteiger partial charge is 0.268 e. The largest absolute Gasteiger partial charge is 0.478 e. The second-order valence-corrected chi connectivity index (χ2v) is 6.12. The van der Waals surface area contributed by atoms with Gasteiger partial charge in [0.2, 0.25) is 0 Å². The Labute approximate surface area is 126 Å². The van der Waals surface area contributed by atoms with Gasteiger partial charge in [-0.05, 0) is 45.1 Å². The number of amides is 1. The van der Waals surface area contributed by atoms with Gasteiger partial charge in [0.25, 0.3) is 5.91 Å². The summed E-state index contributed by atoms with van der Waals surface area (Å²) in [6.07, 6.45) is 0.468. The molecule has 2 rings (SSSR count). The van der Waals surface area contributed by atoms with Gasteiger partial charge in [0.15, 0.2) is 6.10 Å². The van der Waals surface area contributed by atoms with Crippen LogP contribution < -0.4 is 15.4 Å². The normalized spacial score (nSPS) is 18.1. The van der Waals surface area contributed by atoms with Crippen LogP contribution in [-0.2, 0) is 4.79 Å². The summed E-state index contributed by atoms with van der Waals surface area (Å²) in [6, 6.07) is 5.55. The highest BCUT2D eigenvalue weighted by Crippen LogP contribution is 2.39.